The lowest BCUT2D eigenvalue weighted by Gasteiger charge is -2.21. The van der Waals surface area contributed by atoms with Crippen LogP contribution in [0.15, 0.2) is 15.9 Å². The average Bonchev–Trinajstić information content (AvgIpc) is 3.00. The van der Waals surface area contributed by atoms with Gasteiger partial charge < -0.3 is 5.32 Å². The molecule has 0 spiro atoms. The minimum Gasteiger partial charge on any atom is -0.313 e. The lowest BCUT2D eigenvalue weighted by molar-refractivity contribution is 0.500. The molecular weight excluding hydrogens is 352 g/mol. The fourth-order valence-electron chi connectivity index (χ4n) is 2.83. The van der Waals surface area contributed by atoms with Crippen LogP contribution < -0.4 is 5.32 Å². The molecule has 4 rings (SSSR count). The number of aromatic nitrogens is 1. The van der Waals surface area contributed by atoms with E-state index in [1.807, 2.05) is 11.3 Å². The zero-order valence-electron chi connectivity index (χ0n) is 11.2. The first-order chi connectivity index (χ1) is 9.79. The minimum absolute atomic E-state index is 0.632. The van der Waals surface area contributed by atoms with Gasteiger partial charge in [-0.25, -0.2) is 4.98 Å². The molecule has 0 aliphatic heterocycles. The summed E-state index contributed by atoms with van der Waals surface area (Å²) < 4.78 is 1.16. The molecule has 0 radical (unpaired) electrons. The summed E-state index contributed by atoms with van der Waals surface area (Å²) in [7, 11) is 0. The average molecular weight is 369 g/mol. The van der Waals surface area contributed by atoms with Gasteiger partial charge in [-0.2, -0.15) is 0 Å². The van der Waals surface area contributed by atoms with Crippen molar-refractivity contribution in [3.05, 3.63) is 26.5 Å². The third kappa shape index (κ3) is 2.73. The molecule has 2 aliphatic rings. The van der Waals surface area contributed by atoms with Crippen LogP contribution in [0.5, 0.6) is 0 Å². The van der Waals surface area contributed by atoms with Crippen molar-refractivity contribution in [3.63, 3.8) is 0 Å². The number of fused-ring (bicyclic) bond motifs is 1. The van der Waals surface area contributed by atoms with E-state index < -0.39 is 0 Å². The van der Waals surface area contributed by atoms with Crippen LogP contribution >= 0.6 is 38.6 Å². The predicted molar refractivity (Wildman–Crippen MR) is 89.8 cm³/mol. The Kier molecular flexibility index (Phi) is 3.71. The van der Waals surface area contributed by atoms with Crippen molar-refractivity contribution in [2.24, 2.45) is 0 Å². The van der Waals surface area contributed by atoms with Gasteiger partial charge in [0.25, 0.3) is 0 Å². The van der Waals surface area contributed by atoms with E-state index in [9.17, 15) is 0 Å². The first-order valence-electron chi connectivity index (χ1n) is 7.27. The number of hydrogen-bond acceptors (Lipinski definition) is 4. The molecule has 2 nitrogen and oxygen atoms in total. The summed E-state index contributed by atoms with van der Waals surface area (Å²) in [5, 5.41) is 7.03. The molecule has 2 aromatic rings. The Morgan fingerprint density at radius 1 is 1.35 bits per heavy atom. The molecule has 1 N–H and O–H groups in total. The van der Waals surface area contributed by atoms with Gasteiger partial charge in [0.15, 0.2) is 0 Å². The molecule has 20 heavy (non-hydrogen) atoms. The van der Waals surface area contributed by atoms with Gasteiger partial charge in [-0.1, -0.05) is 0 Å². The Morgan fingerprint density at radius 2 is 2.25 bits per heavy atom. The summed E-state index contributed by atoms with van der Waals surface area (Å²) in [6.07, 6.45) is 6.57. The number of thiazole rings is 1. The zero-order chi connectivity index (χ0) is 13.5. The number of nitrogens with one attached hydrogen (secondary N) is 1. The highest BCUT2D eigenvalue weighted by Crippen LogP contribution is 2.40. The first kappa shape index (κ1) is 13.4. The zero-order valence-corrected chi connectivity index (χ0v) is 14.4. The van der Waals surface area contributed by atoms with Crippen molar-refractivity contribution in [2.45, 2.75) is 44.1 Å². The third-order valence-corrected chi connectivity index (χ3v) is 7.07. The topological polar surface area (TPSA) is 24.9 Å². The molecule has 5 heteroatoms. The van der Waals surface area contributed by atoms with E-state index in [-0.39, 0.29) is 0 Å². The summed E-state index contributed by atoms with van der Waals surface area (Å²) >= 11 is 7.23. The van der Waals surface area contributed by atoms with Gasteiger partial charge in [0, 0.05) is 33.2 Å². The monoisotopic (exact) mass is 368 g/mol. The summed E-state index contributed by atoms with van der Waals surface area (Å²) in [6, 6.07) is 2.98. The van der Waals surface area contributed by atoms with Gasteiger partial charge in [-0.05, 0) is 54.1 Å². The fourth-order valence-corrected chi connectivity index (χ4v) is 5.51. The first-order valence-corrected chi connectivity index (χ1v) is 9.76. The molecule has 106 valence electrons. The second-order valence-electron chi connectivity index (χ2n) is 5.73. The summed E-state index contributed by atoms with van der Waals surface area (Å²) in [5.41, 5.74) is 1.38. The maximum absolute atomic E-state index is 4.98. The quantitative estimate of drug-likeness (QED) is 0.837. The molecule has 2 aromatic heterocycles. The van der Waals surface area contributed by atoms with E-state index in [1.165, 1.54) is 52.6 Å². The second kappa shape index (κ2) is 5.52. The summed E-state index contributed by atoms with van der Waals surface area (Å²) in [5.74, 6) is 0.632. The summed E-state index contributed by atoms with van der Waals surface area (Å²) in [6.45, 7) is 1.12. The molecule has 0 amide bonds. The molecule has 1 fully saturated rings. The van der Waals surface area contributed by atoms with Gasteiger partial charge in [-0.15, -0.1) is 22.7 Å². The SMILES string of the molecule is Brc1csc(-c2nc3c(s2)CCCC3CNC2CC2)c1. The number of nitrogens with zero attached hydrogens (tertiary/aromatic N) is 1. The molecule has 0 aromatic carbocycles. The fraction of sp³-hybridized carbons (Fsp3) is 0.533. The number of hydrogen-bond donors (Lipinski definition) is 1. The van der Waals surface area contributed by atoms with Gasteiger partial charge in [0.2, 0.25) is 0 Å². The summed E-state index contributed by atoms with van der Waals surface area (Å²) in [4.78, 5) is 7.80. The lowest BCUT2D eigenvalue weighted by atomic mass is 9.91. The van der Waals surface area contributed by atoms with E-state index in [4.69, 9.17) is 4.98 Å². The highest BCUT2D eigenvalue weighted by molar-refractivity contribution is 9.10. The highest BCUT2D eigenvalue weighted by atomic mass is 79.9. The molecular formula is C15H17BrN2S2. The molecule has 0 saturated heterocycles. The van der Waals surface area contributed by atoms with Crippen LogP contribution in [-0.4, -0.2) is 17.6 Å². The molecule has 1 unspecified atom stereocenters. The minimum atomic E-state index is 0.632. The number of rotatable bonds is 4. The Morgan fingerprint density at radius 3 is 3.00 bits per heavy atom. The van der Waals surface area contributed by atoms with E-state index in [1.54, 1.807) is 11.3 Å². The van der Waals surface area contributed by atoms with E-state index in [2.05, 4.69) is 32.7 Å². The molecule has 1 saturated carbocycles. The molecule has 0 bridgehead atoms. The van der Waals surface area contributed by atoms with E-state index in [0.717, 1.165) is 17.1 Å². The predicted octanol–water partition coefficient (Wildman–Crippen LogP) is 4.81. The van der Waals surface area contributed by atoms with Gasteiger partial charge in [0.05, 0.1) is 10.6 Å². The number of aryl methyl sites for hydroxylation is 1. The maximum atomic E-state index is 4.98. The van der Waals surface area contributed by atoms with Crippen molar-refractivity contribution in [1.29, 1.82) is 0 Å². The Balaban J connectivity index is 1.58. The second-order valence-corrected chi connectivity index (χ2v) is 8.64. The number of thiophene rings is 1. The van der Waals surface area contributed by atoms with Crippen LogP contribution in [0, 0.1) is 0 Å². The van der Waals surface area contributed by atoms with Crippen LogP contribution in [0.25, 0.3) is 9.88 Å². The highest BCUT2D eigenvalue weighted by Gasteiger charge is 2.28. The third-order valence-electron chi connectivity index (χ3n) is 4.08. The van der Waals surface area contributed by atoms with Crippen LogP contribution in [0.2, 0.25) is 0 Å². The standard InChI is InChI=1S/C15H17BrN2S2/c16-10-6-13(19-8-10)15-18-14-9(7-17-11-4-5-11)2-1-3-12(14)20-15/h6,8-9,11,17H,1-5,7H2. The number of halogens is 1. The van der Waals surface area contributed by atoms with Crippen molar-refractivity contribution < 1.29 is 0 Å². The van der Waals surface area contributed by atoms with Crippen molar-refractivity contribution >= 4 is 38.6 Å². The van der Waals surface area contributed by atoms with E-state index in [0.29, 0.717) is 5.92 Å². The van der Waals surface area contributed by atoms with Crippen LogP contribution in [0.4, 0.5) is 0 Å². The lowest BCUT2D eigenvalue weighted by Crippen LogP contribution is -2.25. The Hall–Kier alpha value is -0.230. The van der Waals surface area contributed by atoms with Crippen LogP contribution in [-0.2, 0) is 6.42 Å². The Labute approximate surface area is 135 Å². The molecule has 1 atom stereocenters. The van der Waals surface area contributed by atoms with Crippen molar-refractivity contribution in [2.75, 3.05) is 6.54 Å². The van der Waals surface area contributed by atoms with Gasteiger partial charge >= 0.3 is 0 Å². The van der Waals surface area contributed by atoms with E-state index >= 15 is 0 Å². The van der Waals surface area contributed by atoms with Crippen molar-refractivity contribution in [1.82, 2.24) is 10.3 Å². The van der Waals surface area contributed by atoms with Gasteiger partial charge in [-0.3, -0.25) is 0 Å². The van der Waals surface area contributed by atoms with Gasteiger partial charge in [0.1, 0.15) is 5.01 Å². The maximum Gasteiger partial charge on any atom is 0.133 e. The van der Waals surface area contributed by atoms with Crippen LogP contribution in [0.1, 0.15) is 42.2 Å². The van der Waals surface area contributed by atoms with Crippen LogP contribution in [0.3, 0.4) is 0 Å². The molecule has 2 heterocycles. The van der Waals surface area contributed by atoms with Crippen molar-refractivity contribution in [3.8, 4) is 9.88 Å². The smallest absolute Gasteiger partial charge is 0.133 e. The molecule has 2 aliphatic carbocycles. The largest absolute Gasteiger partial charge is 0.313 e. The normalized spacial score (nSPS) is 21.9. The Bertz CT molecular complexity index is 615.